The lowest BCUT2D eigenvalue weighted by molar-refractivity contribution is -0.115. The number of benzene rings is 3. The highest BCUT2D eigenvalue weighted by molar-refractivity contribution is 5.93. The van der Waals surface area contributed by atoms with Gasteiger partial charge in [0.15, 0.2) is 5.75 Å². The van der Waals surface area contributed by atoms with Gasteiger partial charge in [-0.3, -0.25) is 10.1 Å². The molecule has 5 heteroatoms. The fourth-order valence-corrected chi connectivity index (χ4v) is 3.15. The second-order valence-electron chi connectivity index (χ2n) is 6.70. The molecule has 2 N–H and O–H groups in total. The SMILES string of the molecule is O=C(CN[C@H](c1ccccc1)c1ccco1)Nc1ccccc1Oc1ccccc1. The number of amides is 1. The number of carbonyl (C=O) groups excluding carboxylic acids is 1. The first-order valence-corrected chi connectivity index (χ1v) is 9.73. The lowest BCUT2D eigenvalue weighted by Crippen LogP contribution is -2.31. The summed E-state index contributed by atoms with van der Waals surface area (Å²) < 4.78 is 11.5. The van der Waals surface area contributed by atoms with E-state index in [1.165, 1.54) is 0 Å². The van der Waals surface area contributed by atoms with Gasteiger partial charge in [0.1, 0.15) is 11.5 Å². The Morgan fingerprint density at radius 3 is 2.27 bits per heavy atom. The Morgan fingerprint density at radius 1 is 0.833 bits per heavy atom. The van der Waals surface area contributed by atoms with Crippen LogP contribution in [0.25, 0.3) is 0 Å². The van der Waals surface area contributed by atoms with Crippen LogP contribution in [0, 0.1) is 0 Å². The molecule has 0 unspecified atom stereocenters. The predicted molar refractivity (Wildman–Crippen MR) is 117 cm³/mol. The Bertz CT molecular complexity index is 1060. The maximum atomic E-state index is 12.7. The van der Waals surface area contributed by atoms with Crippen molar-refractivity contribution < 1.29 is 13.9 Å². The fourth-order valence-electron chi connectivity index (χ4n) is 3.15. The molecule has 0 aliphatic carbocycles. The molecule has 0 saturated carbocycles. The Balaban J connectivity index is 1.43. The zero-order chi connectivity index (χ0) is 20.6. The van der Waals surface area contributed by atoms with Crippen LogP contribution in [-0.4, -0.2) is 12.5 Å². The maximum Gasteiger partial charge on any atom is 0.238 e. The van der Waals surface area contributed by atoms with Crippen molar-refractivity contribution in [2.45, 2.75) is 6.04 Å². The summed E-state index contributed by atoms with van der Waals surface area (Å²) in [5.74, 6) is 1.87. The largest absolute Gasteiger partial charge is 0.467 e. The van der Waals surface area contributed by atoms with Crippen LogP contribution < -0.4 is 15.4 Å². The predicted octanol–water partition coefficient (Wildman–Crippen LogP) is 5.39. The third kappa shape index (κ3) is 4.96. The van der Waals surface area contributed by atoms with Crippen LogP contribution in [-0.2, 0) is 4.79 Å². The van der Waals surface area contributed by atoms with E-state index in [4.69, 9.17) is 9.15 Å². The van der Waals surface area contributed by atoms with Gasteiger partial charge in [-0.25, -0.2) is 0 Å². The molecule has 1 atom stereocenters. The highest BCUT2D eigenvalue weighted by Gasteiger charge is 2.18. The van der Waals surface area contributed by atoms with Crippen LogP contribution in [0.2, 0.25) is 0 Å². The second-order valence-corrected chi connectivity index (χ2v) is 6.70. The molecule has 1 amide bonds. The summed E-state index contributed by atoms with van der Waals surface area (Å²) in [7, 11) is 0. The van der Waals surface area contributed by atoms with E-state index in [0.29, 0.717) is 17.2 Å². The number of nitrogens with one attached hydrogen (secondary N) is 2. The molecule has 4 aromatic rings. The van der Waals surface area contributed by atoms with Crippen LogP contribution in [0.5, 0.6) is 11.5 Å². The van der Waals surface area contributed by atoms with Crippen LogP contribution in [0.1, 0.15) is 17.4 Å². The summed E-state index contributed by atoms with van der Waals surface area (Å²) in [6, 6.07) is 30.2. The minimum Gasteiger partial charge on any atom is -0.467 e. The van der Waals surface area contributed by atoms with Crippen molar-refractivity contribution in [3.8, 4) is 11.5 Å². The Labute approximate surface area is 175 Å². The number of hydrogen-bond acceptors (Lipinski definition) is 4. The van der Waals surface area contributed by atoms with Gasteiger partial charge < -0.3 is 14.5 Å². The maximum absolute atomic E-state index is 12.7. The third-order valence-corrected chi connectivity index (χ3v) is 4.56. The van der Waals surface area contributed by atoms with E-state index in [1.807, 2.05) is 97.1 Å². The Morgan fingerprint density at radius 2 is 1.53 bits per heavy atom. The van der Waals surface area contributed by atoms with Gasteiger partial charge in [-0.05, 0) is 42.0 Å². The first-order chi connectivity index (χ1) is 14.8. The second kappa shape index (κ2) is 9.58. The van der Waals surface area contributed by atoms with Crippen LogP contribution in [0.3, 0.4) is 0 Å². The van der Waals surface area contributed by atoms with E-state index in [2.05, 4.69) is 10.6 Å². The van der Waals surface area contributed by atoms with E-state index in [9.17, 15) is 4.79 Å². The summed E-state index contributed by atoms with van der Waals surface area (Å²) in [5.41, 5.74) is 1.63. The summed E-state index contributed by atoms with van der Waals surface area (Å²) in [6.45, 7) is 0.111. The zero-order valence-electron chi connectivity index (χ0n) is 16.3. The molecular weight excluding hydrogens is 376 g/mol. The quantitative estimate of drug-likeness (QED) is 0.418. The van der Waals surface area contributed by atoms with E-state index >= 15 is 0 Å². The van der Waals surface area contributed by atoms with Crippen molar-refractivity contribution in [2.24, 2.45) is 0 Å². The lowest BCUT2D eigenvalue weighted by Gasteiger charge is -2.17. The zero-order valence-corrected chi connectivity index (χ0v) is 16.3. The van der Waals surface area contributed by atoms with Gasteiger partial charge in [-0.15, -0.1) is 0 Å². The molecule has 1 aromatic heterocycles. The minimum atomic E-state index is -0.220. The van der Waals surface area contributed by atoms with Gasteiger partial charge in [0.05, 0.1) is 24.5 Å². The topological polar surface area (TPSA) is 63.5 Å². The van der Waals surface area contributed by atoms with Gasteiger partial charge >= 0.3 is 0 Å². The van der Waals surface area contributed by atoms with E-state index in [0.717, 1.165) is 11.3 Å². The van der Waals surface area contributed by atoms with Crippen molar-refractivity contribution in [1.82, 2.24) is 5.32 Å². The first kappa shape index (κ1) is 19.5. The van der Waals surface area contributed by atoms with Crippen molar-refractivity contribution in [1.29, 1.82) is 0 Å². The van der Waals surface area contributed by atoms with Crippen LogP contribution >= 0.6 is 0 Å². The lowest BCUT2D eigenvalue weighted by atomic mass is 10.0. The van der Waals surface area contributed by atoms with Crippen LogP contribution in [0.15, 0.2) is 108 Å². The summed E-state index contributed by atoms with van der Waals surface area (Å²) in [6.07, 6.45) is 1.63. The summed E-state index contributed by atoms with van der Waals surface area (Å²) >= 11 is 0. The molecule has 0 radical (unpaired) electrons. The van der Waals surface area contributed by atoms with Gasteiger partial charge in [0, 0.05) is 0 Å². The highest BCUT2D eigenvalue weighted by Crippen LogP contribution is 2.29. The Hall–Kier alpha value is -3.83. The number of ether oxygens (including phenoxy) is 1. The van der Waals surface area contributed by atoms with Crippen molar-refractivity contribution >= 4 is 11.6 Å². The minimum absolute atomic E-state index is 0.111. The number of furan rings is 1. The van der Waals surface area contributed by atoms with Gasteiger partial charge in [-0.2, -0.15) is 0 Å². The van der Waals surface area contributed by atoms with E-state index in [-0.39, 0.29) is 18.5 Å². The highest BCUT2D eigenvalue weighted by atomic mass is 16.5. The molecule has 0 bridgehead atoms. The monoisotopic (exact) mass is 398 g/mol. The molecule has 3 aromatic carbocycles. The molecule has 0 aliphatic rings. The normalized spacial score (nSPS) is 11.6. The summed E-state index contributed by atoms with van der Waals surface area (Å²) in [4.78, 5) is 12.7. The molecule has 5 nitrogen and oxygen atoms in total. The average molecular weight is 398 g/mol. The van der Waals surface area contributed by atoms with Crippen LogP contribution in [0.4, 0.5) is 5.69 Å². The number of para-hydroxylation sites is 3. The molecule has 0 fully saturated rings. The van der Waals surface area contributed by atoms with E-state index < -0.39 is 0 Å². The molecule has 1 heterocycles. The van der Waals surface area contributed by atoms with E-state index in [1.54, 1.807) is 6.26 Å². The number of rotatable bonds is 8. The van der Waals surface area contributed by atoms with Gasteiger partial charge in [0.25, 0.3) is 0 Å². The fraction of sp³-hybridized carbons (Fsp3) is 0.0800. The molecule has 0 aliphatic heterocycles. The number of carbonyl (C=O) groups is 1. The molecule has 0 spiro atoms. The molecule has 30 heavy (non-hydrogen) atoms. The number of hydrogen-bond donors (Lipinski definition) is 2. The Kier molecular flexibility index (Phi) is 6.22. The molecular formula is C25H22N2O3. The molecule has 0 saturated heterocycles. The average Bonchev–Trinajstić information content (AvgIpc) is 3.31. The molecule has 150 valence electrons. The van der Waals surface area contributed by atoms with Gasteiger partial charge in [0.2, 0.25) is 5.91 Å². The van der Waals surface area contributed by atoms with Crippen molar-refractivity contribution in [2.75, 3.05) is 11.9 Å². The summed E-state index contributed by atoms with van der Waals surface area (Å²) in [5, 5.41) is 6.21. The molecule has 4 rings (SSSR count). The van der Waals surface area contributed by atoms with Crippen molar-refractivity contribution in [3.05, 3.63) is 115 Å². The standard InChI is InChI=1S/C25H22N2O3/c28-24(18-26-25(23-16-9-17-29-23)19-10-3-1-4-11-19)27-21-14-7-8-15-22(21)30-20-12-5-2-6-13-20/h1-17,25-26H,18H2,(H,27,28)/t25-/m1/s1. The number of anilines is 1. The smallest absolute Gasteiger partial charge is 0.238 e. The first-order valence-electron chi connectivity index (χ1n) is 9.73. The van der Waals surface area contributed by atoms with Crippen molar-refractivity contribution in [3.63, 3.8) is 0 Å². The third-order valence-electron chi connectivity index (χ3n) is 4.56. The van der Waals surface area contributed by atoms with Gasteiger partial charge in [-0.1, -0.05) is 60.7 Å².